The first-order chi connectivity index (χ1) is 16.3. The average molecular weight is 506 g/mol. The Balaban J connectivity index is 4.23. The van der Waals surface area contributed by atoms with Crippen LogP contribution in [0.5, 0.6) is 0 Å². The summed E-state index contributed by atoms with van der Waals surface area (Å²) in [7, 11) is 0. The monoisotopic (exact) mass is 505 g/mol. The molecule has 0 heterocycles. The van der Waals surface area contributed by atoms with E-state index in [-0.39, 0.29) is 12.5 Å². The third-order valence-corrected chi connectivity index (χ3v) is 4.05. The summed E-state index contributed by atoms with van der Waals surface area (Å²) >= 11 is 0. The first-order valence-corrected chi connectivity index (χ1v) is 12.3. The van der Waals surface area contributed by atoms with Crippen molar-refractivity contribution in [2.24, 2.45) is 0 Å². The number of nitrogens with one attached hydrogen (secondary N) is 2. The number of hydrogen-bond donors (Lipinski definition) is 2. The summed E-state index contributed by atoms with van der Waals surface area (Å²) < 4.78 is 26.7. The molecule has 0 bridgehead atoms. The number of rotatable bonds is 17. The van der Waals surface area contributed by atoms with Gasteiger partial charge in [0, 0.05) is 26.2 Å². The SMILES string of the molecule is CCCCOC(=O)CN(CCOCCNC(=O)OC(C)(C)C)CCOCCNC(=O)OC(C)(C)C. The van der Waals surface area contributed by atoms with Crippen LogP contribution in [0.25, 0.3) is 0 Å². The zero-order valence-electron chi connectivity index (χ0n) is 22.7. The topological polar surface area (TPSA) is 125 Å². The third kappa shape index (κ3) is 23.4. The lowest BCUT2D eigenvalue weighted by Gasteiger charge is -2.22. The number of carbonyl (C=O) groups excluding carboxylic acids is 3. The van der Waals surface area contributed by atoms with Crippen molar-refractivity contribution in [1.82, 2.24) is 15.5 Å². The Hall–Kier alpha value is -2.11. The number of nitrogens with zero attached hydrogens (tertiary/aromatic N) is 1. The van der Waals surface area contributed by atoms with Gasteiger partial charge in [-0.05, 0) is 48.0 Å². The van der Waals surface area contributed by atoms with E-state index >= 15 is 0 Å². The highest BCUT2D eigenvalue weighted by Gasteiger charge is 2.17. The maximum absolute atomic E-state index is 12.1. The van der Waals surface area contributed by atoms with E-state index in [2.05, 4.69) is 10.6 Å². The van der Waals surface area contributed by atoms with Crippen molar-refractivity contribution < 1.29 is 38.1 Å². The van der Waals surface area contributed by atoms with Gasteiger partial charge in [0.25, 0.3) is 0 Å². The number of hydrogen-bond acceptors (Lipinski definition) is 9. The van der Waals surface area contributed by atoms with Crippen LogP contribution >= 0.6 is 0 Å². The van der Waals surface area contributed by atoms with Gasteiger partial charge in [0.1, 0.15) is 11.2 Å². The van der Waals surface area contributed by atoms with Crippen molar-refractivity contribution in [2.45, 2.75) is 72.5 Å². The molecule has 206 valence electrons. The van der Waals surface area contributed by atoms with Crippen LogP contribution in [-0.2, 0) is 28.5 Å². The lowest BCUT2D eigenvalue weighted by molar-refractivity contribution is -0.145. The van der Waals surface area contributed by atoms with Crippen molar-refractivity contribution in [3.8, 4) is 0 Å². The Morgan fingerprint density at radius 1 is 0.714 bits per heavy atom. The van der Waals surface area contributed by atoms with Crippen LogP contribution < -0.4 is 10.6 Å². The molecule has 0 atom stereocenters. The van der Waals surface area contributed by atoms with Crippen LogP contribution in [-0.4, -0.2) is 100 Å². The van der Waals surface area contributed by atoms with Crippen LogP contribution in [0.1, 0.15) is 61.3 Å². The largest absolute Gasteiger partial charge is 0.465 e. The third-order valence-electron chi connectivity index (χ3n) is 4.05. The highest BCUT2D eigenvalue weighted by atomic mass is 16.6. The molecule has 0 aromatic rings. The number of esters is 1. The summed E-state index contributed by atoms with van der Waals surface area (Å²) in [6, 6.07) is 0. The fourth-order valence-corrected chi connectivity index (χ4v) is 2.50. The molecule has 0 radical (unpaired) electrons. The second-order valence-electron chi connectivity index (χ2n) is 9.93. The molecule has 0 rings (SSSR count). The van der Waals surface area contributed by atoms with Crippen LogP contribution in [0.3, 0.4) is 0 Å². The van der Waals surface area contributed by atoms with Crippen LogP contribution in [0, 0.1) is 0 Å². The number of unbranched alkanes of at least 4 members (excludes halogenated alkanes) is 1. The van der Waals surface area contributed by atoms with Crippen molar-refractivity contribution in [3.05, 3.63) is 0 Å². The number of alkyl carbamates (subject to hydrolysis) is 2. The van der Waals surface area contributed by atoms with Crippen molar-refractivity contribution in [2.75, 3.05) is 65.8 Å². The predicted octanol–water partition coefficient (Wildman–Crippen LogP) is 2.71. The highest BCUT2D eigenvalue weighted by Crippen LogP contribution is 2.06. The number of carbonyl (C=O) groups is 3. The van der Waals surface area contributed by atoms with E-state index in [0.29, 0.717) is 59.2 Å². The molecule has 11 nitrogen and oxygen atoms in total. The molecule has 2 N–H and O–H groups in total. The minimum atomic E-state index is -0.551. The lowest BCUT2D eigenvalue weighted by atomic mass is 10.2. The summed E-state index contributed by atoms with van der Waals surface area (Å²) in [4.78, 5) is 37.3. The minimum Gasteiger partial charge on any atom is -0.465 e. The number of amides is 2. The molecule has 0 aliphatic heterocycles. The molecule has 0 saturated heterocycles. The molecular weight excluding hydrogens is 458 g/mol. The summed E-state index contributed by atoms with van der Waals surface area (Å²) in [5, 5.41) is 5.26. The Bertz CT molecular complexity index is 563. The maximum Gasteiger partial charge on any atom is 0.407 e. The van der Waals surface area contributed by atoms with Crippen molar-refractivity contribution >= 4 is 18.2 Å². The summed E-state index contributed by atoms with van der Waals surface area (Å²) in [6.45, 7) is 16.4. The van der Waals surface area contributed by atoms with Gasteiger partial charge in [0.2, 0.25) is 0 Å². The molecular formula is C24H47N3O8. The standard InChI is InChI=1S/C24H47N3O8/c1-8-9-14-33-20(28)19-27(12-17-31-15-10-25-21(29)34-23(2,3)4)13-18-32-16-11-26-22(30)35-24(5,6)7/h8-19H2,1-7H3,(H,25,29)(H,26,30). The molecule has 0 unspecified atom stereocenters. The van der Waals surface area contributed by atoms with E-state index in [9.17, 15) is 14.4 Å². The molecule has 0 fully saturated rings. The van der Waals surface area contributed by atoms with E-state index in [0.717, 1.165) is 12.8 Å². The quantitative estimate of drug-likeness (QED) is 0.174. The first-order valence-electron chi connectivity index (χ1n) is 12.3. The molecule has 0 aliphatic carbocycles. The van der Waals surface area contributed by atoms with Gasteiger partial charge in [-0.3, -0.25) is 9.69 Å². The maximum atomic E-state index is 12.1. The molecule has 35 heavy (non-hydrogen) atoms. The molecule has 2 amide bonds. The van der Waals surface area contributed by atoms with Gasteiger partial charge in [-0.1, -0.05) is 13.3 Å². The van der Waals surface area contributed by atoms with Gasteiger partial charge in [0.15, 0.2) is 0 Å². The summed E-state index contributed by atoms with van der Waals surface area (Å²) in [5.41, 5.74) is -1.10. The van der Waals surface area contributed by atoms with Gasteiger partial charge < -0.3 is 34.3 Å². The van der Waals surface area contributed by atoms with Gasteiger partial charge >= 0.3 is 18.2 Å². The fourth-order valence-electron chi connectivity index (χ4n) is 2.50. The molecule has 0 aromatic heterocycles. The van der Waals surface area contributed by atoms with E-state index in [4.69, 9.17) is 23.7 Å². The van der Waals surface area contributed by atoms with Crippen molar-refractivity contribution in [1.29, 1.82) is 0 Å². The highest BCUT2D eigenvalue weighted by molar-refractivity contribution is 5.71. The van der Waals surface area contributed by atoms with Crippen LogP contribution in [0.4, 0.5) is 9.59 Å². The smallest absolute Gasteiger partial charge is 0.407 e. The Kier molecular flexibility index (Phi) is 17.1. The minimum absolute atomic E-state index is 0.128. The van der Waals surface area contributed by atoms with Gasteiger partial charge in [-0.15, -0.1) is 0 Å². The Morgan fingerprint density at radius 2 is 1.17 bits per heavy atom. The summed E-state index contributed by atoms with van der Waals surface area (Å²) in [6.07, 6.45) is 0.798. The molecule has 0 aliphatic rings. The zero-order valence-corrected chi connectivity index (χ0v) is 22.7. The lowest BCUT2D eigenvalue weighted by Crippen LogP contribution is -2.38. The molecule has 0 aromatic carbocycles. The zero-order chi connectivity index (χ0) is 26.7. The van der Waals surface area contributed by atoms with E-state index < -0.39 is 23.4 Å². The van der Waals surface area contributed by atoms with E-state index in [1.54, 1.807) is 41.5 Å². The Labute approximate surface area is 210 Å². The summed E-state index contributed by atoms with van der Waals surface area (Å²) in [5.74, 6) is -0.295. The molecule has 0 spiro atoms. The van der Waals surface area contributed by atoms with E-state index in [1.807, 2.05) is 11.8 Å². The van der Waals surface area contributed by atoms with Crippen LogP contribution in [0.2, 0.25) is 0 Å². The molecule has 11 heteroatoms. The number of ether oxygens (including phenoxy) is 5. The first kappa shape index (κ1) is 32.9. The Morgan fingerprint density at radius 3 is 1.57 bits per heavy atom. The second-order valence-corrected chi connectivity index (χ2v) is 9.93. The second kappa shape index (κ2) is 18.2. The average Bonchev–Trinajstić information content (AvgIpc) is 2.70. The van der Waals surface area contributed by atoms with Crippen molar-refractivity contribution in [3.63, 3.8) is 0 Å². The fraction of sp³-hybridized carbons (Fsp3) is 0.875. The normalized spacial score (nSPS) is 11.8. The molecule has 0 saturated carbocycles. The van der Waals surface area contributed by atoms with Gasteiger partial charge in [0.05, 0.1) is 39.6 Å². The van der Waals surface area contributed by atoms with Crippen LogP contribution in [0.15, 0.2) is 0 Å². The predicted molar refractivity (Wildman–Crippen MR) is 132 cm³/mol. The van der Waals surface area contributed by atoms with E-state index in [1.165, 1.54) is 0 Å². The van der Waals surface area contributed by atoms with Gasteiger partial charge in [-0.25, -0.2) is 9.59 Å². The van der Waals surface area contributed by atoms with Gasteiger partial charge in [-0.2, -0.15) is 0 Å².